The van der Waals surface area contributed by atoms with Crippen molar-refractivity contribution in [3.8, 4) is 11.3 Å². The Bertz CT molecular complexity index is 666. The molecule has 0 amide bonds. The summed E-state index contributed by atoms with van der Waals surface area (Å²) in [6, 6.07) is 9.87. The average molecular weight is 266 g/mol. The molecule has 0 bridgehead atoms. The van der Waals surface area contributed by atoms with Gasteiger partial charge in [-0.2, -0.15) is 15.4 Å². The van der Waals surface area contributed by atoms with Gasteiger partial charge >= 0.3 is 0 Å². The lowest BCUT2D eigenvalue weighted by Gasteiger charge is -2.16. The molecule has 1 atom stereocenters. The molecule has 0 radical (unpaired) electrons. The van der Waals surface area contributed by atoms with Crippen LogP contribution in [0.2, 0.25) is 0 Å². The first-order valence-electron chi connectivity index (χ1n) is 6.60. The van der Waals surface area contributed by atoms with Crippen molar-refractivity contribution in [2.24, 2.45) is 5.11 Å². The summed E-state index contributed by atoms with van der Waals surface area (Å²) in [5, 5.41) is 15.0. The lowest BCUT2D eigenvalue weighted by molar-refractivity contribution is 0.650. The fourth-order valence-electron chi connectivity index (χ4n) is 2.51. The molecule has 1 aromatic carbocycles. The van der Waals surface area contributed by atoms with Gasteiger partial charge < -0.3 is 0 Å². The Labute approximate surface area is 116 Å². The second kappa shape index (κ2) is 5.59. The lowest BCUT2D eigenvalue weighted by Crippen LogP contribution is -2.07. The molecular weight excluding hydrogens is 252 g/mol. The van der Waals surface area contributed by atoms with Crippen molar-refractivity contribution < 1.29 is 0 Å². The smallest absolute Gasteiger partial charge is 0.120 e. The van der Waals surface area contributed by atoms with Crippen LogP contribution in [0, 0.1) is 0 Å². The molecule has 3 rings (SSSR count). The monoisotopic (exact) mass is 266 g/mol. The third-order valence-electron chi connectivity index (χ3n) is 3.44. The fourth-order valence-corrected chi connectivity index (χ4v) is 2.51. The lowest BCUT2D eigenvalue weighted by atomic mass is 9.92. The van der Waals surface area contributed by atoms with Crippen LogP contribution in [0.3, 0.4) is 0 Å². The predicted molar refractivity (Wildman–Crippen MR) is 76.6 cm³/mol. The molecule has 1 heterocycles. The van der Waals surface area contributed by atoms with Gasteiger partial charge in [-0.05, 0) is 30.4 Å². The summed E-state index contributed by atoms with van der Waals surface area (Å²) in [5.74, 6) is 0. The third-order valence-corrected chi connectivity index (χ3v) is 3.44. The van der Waals surface area contributed by atoms with Crippen molar-refractivity contribution in [1.29, 1.82) is 0 Å². The van der Waals surface area contributed by atoms with E-state index in [1.165, 1.54) is 0 Å². The Morgan fingerprint density at radius 1 is 1.20 bits per heavy atom. The van der Waals surface area contributed by atoms with Gasteiger partial charge in [0.15, 0.2) is 0 Å². The number of H-pyrrole nitrogens is 1. The zero-order valence-corrected chi connectivity index (χ0v) is 10.9. The molecule has 0 aliphatic heterocycles. The SMILES string of the molecule is [N-]=[N+]=NC1C=C(c2n[nH]nc2-c2ccccc2)CCC1. The molecule has 1 aromatic heterocycles. The summed E-state index contributed by atoms with van der Waals surface area (Å²) in [5.41, 5.74) is 12.4. The first kappa shape index (κ1) is 12.4. The van der Waals surface area contributed by atoms with Crippen molar-refractivity contribution in [3.63, 3.8) is 0 Å². The fraction of sp³-hybridized carbons (Fsp3) is 0.286. The van der Waals surface area contributed by atoms with E-state index >= 15 is 0 Å². The molecule has 2 aromatic rings. The van der Waals surface area contributed by atoms with Crippen molar-refractivity contribution in [3.05, 3.63) is 52.5 Å². The van der Waals surface area contributed by atoms with Crippen LogP contribution in [0.4, 0.5) is 0 Å². The van der Waals surface area contributed by atoms with E-state index in [0.29, 0.717) is 0 Å². The van der Waals surface area contributed by atoms with Gasteiger partial charge in [-0.1, -0.05) is 41.5 Å². The first-order chi connectivity index (χ1) is 9.88. The van der Waals surface area contributed by atoms with Gasteiger partial charge in [0.05, 0.1) is 6.04 Å². The summed E-state index contributed by atoms with van der Waals surface area (Å²) >= 11 is 0. The number of benzene rings is 1. The Kier molecular flexibility index (Phi) is 3.48. The molecule has 20 heavy (non-hydrogen) atoms. The molecule has 1 aliphatic carbocycles. The molecule has 100 valence electrons. The second-order valence-electron chi connectivity index (χ2n) is 4.74. The van der Waals surface area contributed by atoms with Gasteiger partial charge in [0.2, 0.25) is 0 Å². The highest BCUT2D eigenvalue weighted by atomic mass is 15.3. The highest BCUT2D eigenvalue weighted by Crippen LogP contribution is 2.32. The molecule has 0 fully saturated rings. The minimum atomic E-state index is -0.0796. The minimum absolute atomic E-state index is 0.0796. The summed E-state index contributed by atoms with van der Waals surface area (Å²) in [7, 11) is 0. The maximum atomic E-state index is 8.56. The van der Waals surface area contributed by atoms with Crippen LogP contribution in [0.5, 0.6) is 0 Å². The van der Waals surface area contributed by atoms with Crippen LogP contribution >= 0.6 is 0 Å². The largest absolute Gasteiger partial charge is 0.197 e. The van der Waals surface area contributed by atoms with E-state index in [9.17, 15) is 0 Å². The van der Waals surface area contributed by atoms with Crippen LogP contribution in [0.15, 0.2) is 41.5 Å². The Hall–Kier alpha value is -2.59. The molecule has 0 saturated heterocycles. The van der Waals surface area contributed by atoms with Crippen LogP contribution in [-0.4, -0.2) is 21.5 Å². The highest BCUT2D eigenvalue weighted by Gasteiger charge is 2.19. The van der Waals surface area contributed by atoms with Crippen molar-refractivity contribution >= 4 is 5.57 Å². The topological polar surface area (TPSA) is 90.3 Å². The quantitative estimate of drug-likeness (QED) is 0.521. The Balaban J connectivity index is 1.99. The van der Waals surface area contributed by atoms with E-state index in [1.807, 2.05) is 36.4 Å². The minimum Gasteiger partial charge on any atom is -0.197 e. The van der Waals surface area contributed by atoms with Gasteiger partial charge in [0.25, 0.3) is 0 Å². The standard InChI is InChI=1S/C14H14N6/c15-19-16-12-8-4-7-11(9-12)14-13(17-20-18-14)10-5-2-1-3-6-10/h1-3,5-6,9,12H,4,7-8H2,(H,17,18,20). The number of hydrogen-bond acceptors (Lipinski definition) is 3. The van der Waals surface area contributed by atoms with E-state index < -0.39 is 0 Å². The number of rotatable bonds is 3. The third kappa shape index (κ3) is 2.41. The molecule has 0 spiro atoms. The van der Waals surface area contributed by atoms with E-state index in [2.05, 4.69) is 25.4 Å². The summed E-state index contributed by atoms with van der Waals surface area (Å²) in [4.78, 5) is 2.89. The predicted octanol–water partition coefficient (Wildman–Crippen LogP) is 3.72. The number of aromatic amines is 1. The molecular formula is C14H14N6. The van der Waals surface area contributed by atoms with E-state index in [-0.39, 0.29) is 6.04 Å². The van der Waals surface area contributed by atoms with Gasteiger partial charge in [-0.3, -0.25) is 0 Å². The Morgan fingerprint density at radius 2 is 2.00 bits per heavy atom. The van der Waals surface area contributed by atoms with Gasteiger partial charge in [-0.15, -0.1) is 0 Å². The number of nitrogens with zero attached hydrogens (tertiary/aromatic N) is 5. The van der Waals surface area contributed by atoms with E-state index in [1.54, 1.807) is 0 Å². The number of allylic oxidation sites excluding steroid dienone is 1. The van der Waals surface area contributed by atoms with Crippen molar-refractivity contribution in [2.75, 3.05) is 0 Å². The number of nitrogens with one attached hydrogen (secondary N) is 1. The molecule has 0 saturated carbocycles. The molecule has 6 nitrogen and oxygen atoms in total. The normalized spacial score (nSPS) is 18.2. The maximum Gasteiger partial charge on any atom is 0.120 e. The highest BCUT2D eigenvalue weighted by molar-refractivity contribution is 5.76. The van der Waals surface area contributed by atoms with Crippen LogP contribution < -0.4 is 0 Å². The zero-order valence-electron chi connectivity index (χ0n) is 10.9. The molecule has 1 unspecified atom stereocenters. The number of azide groups is 1. The van der Waals surface area contributed by atoms with E-state index in [4.69, 9.17) is 5.53 Å². The second-order valence-corrected chi connectivity index (χ2v) is 4.74. The summed E-state index contributed by atoms with van der Waals surface area (Å²) in [6.45, 7) is 0. The van der Waals surface area contributed by atoms with Gasteiger partial charge in [-0.25, -0.2) is 0 Å². The zero-order chi connectivity index (χ0) is 13.8. The molecule has 6 heteroatoms. The van der Waals surface area contributed by atoms with Gasteiger partial charge in [0, 0.05) is 10.5 Å². The van der Waals surface area contributed by atoms with Crippen molar-refractivity contribution in [1.82, 2.24) is 15.4 Å². The van der Waals surface area contributed by atoms with E-state index in [0.717, 1.165) is 41.8 Å². The number of aromatic nitrogens is 3. The summed E-state index contributed by atoms with van der Waals surface area (Å²) in [6.07, 6.45) is 4.83. The van der Waals surface area contributed by atoms with Crippen LogP contribution in [-0.2, 0) is 0 Å². The maximum absolute atomic E-state index is 8.56. The van der Waals surface area contributed by atoms with Crippen LogP contribution in [0.1, 0.15) is 25.0 Å². The molecule has 1 aliphatic rings. The van der Waals surface area contributed by atoms with Crippen molar-refractivity contribution in [2.45, 2.75) is 25.3 Å². The Morgan fingerprint density at radius 3 is 2.80 bits per heavy atom. The average Bonchev–Trinajstić information content (AvgIpc) is 2.98. The van der Waals surface area contributed by atoms with Crippen LogP contribution in [0.25, 0.3) is 27.3 Å². The molecule has 1 N–H and O–H groups in total. The first-order valence-corrected chi connectivity index (χ1v) is 6.60. The number of hydrogen-bond donors (Lipinski definition) is 1. The van der Waals surface area contributed by atoms with Gasteiger partial charge in [0.1, 0.15) is 11.4 Å². The summed E-state index contributed by atoms with van der Waals surface area (Å²) < 4.78 is 0.